The molecule has 0 aliphatic carbocycles. The second kappa shape index (κ2) is 13.4. The third-order valence-corrected chi connectivity index (χ3v) is 10.7. The number of sulfonamides is 2. The minimum absolute atomic E-state index is 0.00281. The number of anilines is 1. The highest BCUT2D eigenvalue weighted by atomic mass is 32.2. The Morgan fingerprint density at radius 2 is 1.55 bits per heavy atom. The van der Waals surface area contributed by atoms with Gasteiger partial charge in [0.15, 0.2) is 5.75 Å². The zero-order chi connectivity index (χ0) is 32.2. The molecule has 3 atom stereocenters. The number of ether oxygens (including phenoxy) is 3. The molecule has 1 aliphatic heterocycles. The number of fused-ring (bicyclic) bond motifs is 1. The molecular weight excluding hydrogens is 610 g/mol. The third-order valence-electron chi connectivity index (χ3n) is 7.51. The van der Waals surface area contributed by atoms with Crippen LogP contribution in [0.3, 0.4) is 0 Å². The van der Waals surface area contributed by atoms with Gasteiger partial charge in [-0.1, -0.05) is 13.0 Å². The van der Waals surface area contributed by atoms with Gasteiger partial charge in [0.2, 0.25) is 10.0 Å². The van der Waals surface area contributed by atoms with Crippen molar-refractivity contribution < 1.29 is 40.9 Å². The highest BCUT2D eigenvalue weighted by Gasteiger charge is 2.36. The molecule has 2 N–H and O–H groups in total. The Balaban J connectivity index is 1.74. The maximum absolute atomic E-state index is 13.7. The fraction of sp³-hybridized carbons (Fsp3) is 0.367. The number of carbonyl (C=O) groups is 1. The number of aliphatic hydroxyl groups excluding tert-OH is 1. The van der Waals surface area contributed by atoms with Gasteiger partial charge in [-0.05, 0) is 67.6 Å². The summed E-state index contributed by atoms with van der Waals surface area (Å²) in [6.07, 6.45) is -0.820. The molecule has 0 aromatic heterocycles. The van der Waals surface area contributed by atoms with E-state index in [-0.39, 0.29) is 46.5 Å². The van der Waals surface area contributed by atoms with Gasteiger partial charge in [0, 0.05) is 19.5 Å². The average Bonchev–Trinajstić information content (AvgIpc) is 3.02. The molecule has 238 valence electrons. The summed E-state index contributed by atoms with van der Waals surface area (Å²) in [6.45, 7) is 3.22. The molecule has 14 heteroatoms. The summed E-state index contributed by atoms with van der Waals surface area (Å²) in [5.74, 6) is 0.0489. The first-order valence-corrected chi connectivity index (χ1v) is 16.7. The zero-order valence-electron chi connectivity index (χ0n) is 25.1. The van der Waals surface area contributed by atoms with Gasteiger partial charge in [-0.25, -0.2) is 16.8 Å². The fourth-order valence-corrected chi connectivity index (χ4v) is 7.02. The lowest BCUT2D eigenvalue weighted by Gasteiger charge is -2.38. The maximum atomic E-state index is 13.7. The number of amides is 1. The molecule has 44 heavy (non-hydrogen) atoms. The minimum Gasteiger partial charge on any atom is -0.497 e. The lowest BCUT2D eigenvalue weighted by atomic mass is 9.99. The highest BCUT2D eigenvalue weighted by molar-refractivity contribution is 7.92. The van der Waals surface area contributed by atoms with Crippen molar-refractivity contribution in [1.82, 2.24) is 9.21 Å². The summed E-state index contributed by atoms with van der Waals surface area (Å²) in [5, 5.41) is 9.93. The van der Waals surface area contributed by atoms with E-state index in [4.69, 9.17) is 14.2 Å². The molecule has 3 aromatic rings. The molecule has 1 amide bonds. The molecule has 0 bridgehead atoms. The number of nitrogens with one attached hydrogen (secondary N) is 1. The van der Waals surface area contributed by atoms with Gasteiger partial charge in [-0.15, -0.1) is 0 Å². The number of para-hydroxylation sites is 1. The number of hydrogen-bond acceptors (Lipinski definition) is 9. The smallest absolute Gasteiger partial charge is 0.262 e. The van der Waals surface area contributed by atoms with E-state index in [0.29, 0.717) is 11.5 Å². The minimum atomic E-state index is -4.13. The van der Waals surface area contributed by atoms with Crippen LogP contribution < -0.4 is 18.9 Å². The quantitative estimate of drug-likeness (QED) is 0.320. The van der Waals surface area contributed by atoms with E-state index in [2.05, 4.69) is 4.72 Å². The van der Waals surface area contributed by atoms with Crippen molar-refractivity contribution in [2.75, 3.05) is 45.7 Å². The van der Waals surface area contributed by atoms with E-state index in [1.54, 1.807) is 26.0 Å². The number of methoxy groups -OCH3 is 2. The number of likely N-dealkylation sites (N-methyl/N-ethyl adjacent to an activating group) is 1. The van der Waals surface area contributed by atoms with E-state index in [1.165, 1.54) is 80.8 Å². The van der Waals surface area contributed by atoms with E-state index in [1.807, 2.05) is 0 Å². The fourth-order valence-electron chi connectivity index (χ4n) is 4.78. The molecular formula is C30H37N3O9S2. The van der Waals surface area contributed by atoms with Crippen molar-refractivity contribution in [2.45, 2.75) is 35.8 Å². The second-order valence-electron chi connectivity index (χ2n) is 10.5. The van der Waals surface area contributed by atoms with Crippen LogP contribution in [0.5, 0.6) is 17.2 Å². The van der Waals surface area contributed by atoms with Crippen LogP contribution >= 0.6 is 0 Å². The average molecular weight is 648 g/mol. The van der Waals surface area contributed by atoms with Crippen LogP contribution in [0.1, 0.15) is 24.2 Å². The van der Waals surface area contributed by atoms with Crippen LogP contribution in [0.4, 0.5) is 5.69 Å². The summed E-state index contributed by atoms with van der Waals surface area (Å²) in [6, 6.07) is 15.7. The number of carbonyl (C=O) groups excluding carboxylic acids is 1. The van der Waals surface area contributed by atoms with Gasteiger partial charge in [0.25, 0.3) is 15.9 Å². The lowest BCUT2D eigenvalue weighted by molar-refractivity contribution is 0.0389. The van der Waals surface area contributed by atoms with Crippen molar-refractivity contribution >= 4 is 31.6 Å². The third kappa shape index (κ3) is 6.93. The SMILES string of the molecule is COc1ccc(S(=O)(=O)Nc2cccc3c2O[C@H](CN(C)S(=O)(=O)c2ccc(OC)cc2)[C@H](C)CN([C@H](C)CO)C3=O)cc1. The summed E-state index contributed by atoms with van der Waals surface area (Å²) in [4.78, 5) is 15.2. The van der Waals surface area contributed by atoms with Crippen LogP contribution in [-0.2, 0) is 20.0 Å². The van der Waals surface area contributed by atoms with E-state index >= 15 is 0 Å². The van der Waals surface area contributed by atoms with Gasteiger partial charge < -0.3 is 24.2 Å². The zero-order valence-corrected chi connectivity index (χ0v) is 26.8. The number of rotatable bonds is 11. The predicted octanol–water partition coefficient (Wildman–Crippen LogP) is 3.05. The molecule has 0 spiro atoms. The van der Waals surface area contributed by atoms with Crippen LogP contribution in [0.25, 0.3) is 0 Å². The standard InChI is InChI=1S/C30H37N3O9S2/c1-20-17-33(21(2)19-34)30(35)26-7-6-8-27(31-43(36,37)24-13-9-22(40-4)10-14-24)29(26)42-28(20)18-32(3)44(38,39)25-15-11-23(41-5)12-16-25/h6-16,20-21,28,31,34H,17-19H2,1-5H3/t20-,21-,28-/m1/s1. The van der Waals surface area contributed by atoms with Gasteiger partial charge in [0.1, 0.15) is 17.6 Å². The van der Waals surface area contributed by atoms with Crippen LogP contribution in [0.2, 0.25) is 0 Å². The monoisotopic (exact) mass is 647 g/mol. The van der Waals surface area contributed by atoms with Crippen LogP contribution in [0.15, 0.2) is 76.5 Å². The Labute approximate surface area is 258 Å². The molecule has 1 heterocycles. The Morgan fingerprint density at radius 3 is 2.09 bits per heavy atom. The number of hydrogen-bond donors (Lipinski definition) is 2. The van der Waals surface area contributed by atoms with Gasteiger partial charge in [0.05, 0.1) is 54.5 Å². The Bertz CT molecular complexity index is 1680. The molecule has 1 aliphatic rings. The maximum Gasteiger partial charge on any atom is 0.262 e. The molecule has 3 aromatic carbocycles. The van der Waals surface area contributed by atoms with E-state index in [9.17, 15) is 26.7 Å². The molecule has 0 saturated carbocycles. The van der Waals surface area contributed by atoms with Crippen molar-refractivity contribution in [3.05, 3.63) is 72.3 Å². The van der Waals surface area contributed by atoms with Crippen molar-refractivity contribution in [2.24, 2.45) is 5.92 Å². The lowest BCUT2D eigenvalue weighted by Crippen LogP contribution is -2.50. The number of benzene rings is 3. The first-order chi connectivity index (χ1) is 20.8. The summed E-state index contributed by atoms with van der Waals surface area (Å²) in [7, 11) is -3.71. The summed E-state index contributed by atoms with van der Waals surface area (Å²) >= 11 is 0. The first kappa shape index (κ1) is 33.1. The summed E-state index contributed by atoms with van der Waals surface area (Å²) in [5.41, 5.74) is 0.0702. The Kier molecular flexibility index (Phi) is 10.1. The Hall–Kier alpha value is -3.85. The van der Waals surface area contributed by atoms with Crippen LogP contribution in [-0.4, -0.2) is 90.2 Å². The summed E-state index contributed by atoms with van der Waals surface area (Å²) < 4.78 is 74.0. The first-order valence-electron chi connectivity index (χ1n) is 13.8. The normalized spacial score (nSPS) is 18.1. The molecule has 0 unspecified atom stereocenters. The van der Waals surface area contributed by atoms with Crippen molar-refractivity contribution in [1.29, 1.82) is 0 Å². The van der Waals surface area contributed by atoms with Crippen molar-refractivity contribution in [3.8, 4) is 17.2 Å². The molecule has 12 nitrogen and oxygen atoms in total. The van der Waals surface area contributed by atoms with Crippen LogP contribution in [0, 0.1) is 5.92 Å². The van der Waals surface area contributed by atoms with Gasteiger partial charge >= 0.3 is 0 Å². The second-order valence-corrected chi connectivity index (χ2v) is 14.3. The Morgan fingerprint density at radius 1 is 0.977 bits per heavy atom. The molecule has 0 fully saturated rings. The van der Waals surface area contributed by atoms with Gasteiger partial charge in [-0.3, -0.25) is 9.52 Å². The van der Waals surface area contributed by atoms with Crippen molar-refractivity contribution in [3.63, 3.8) is 0 Å². The molecule has 0 radical (unpaired) electrons. The van der Waals surface area contributed by atoms with E-state index < -0.39 is 44.0 Å². The number of nitrogens with zero attached hydrogens (tertiary/aromatic N) is 2. The van der Waals surface area contributed by atoms with E-state index in [0.717, 1.165) is 4.31 Å². The predicted molar refractivity (Wildman–Crippen MR) is 164 cm³/mol. The molecule has 4 rings (SSSR count). The topological polar surface area (TPSA) is 152 Å². The highest BCUT2D eigenvalue weighted by Crippen LogP contribution is 2.36. The molecule has 0 saturated heterocycles. The largest absolute Gasteiger partial charge is 0.497 e. The van der Waals surface area contributed by atoms with Gasteiger partial charge in [-0.2, -0.15) is 4.31 Å². The number of aliphatic hydroxyl groups is 1.